The molecule has 0 bridgehead atoms. The van der Waals surface area contributed by atoms with Crippen LogP contribution in [0.5, 0.6) is 0 Å². The summed E-state index contributed by atoms with van der Waals surface area (Å²) in [6.07, 6.45) is 4.15. The van der Waals surface area contributed by atoms with E-state index in [9.17, 15) is 0 Å². The molecule has 1 aliphatic heterocycles. The van der Waals surface area contributed by atoms with Gasteiger partial charge in [-0.1, -0.05) is 0 Å². The highest BCUT2D eigenvalue weighted by Crippen LogP contribution is 2.23. The number of fused-ring (bicyclic) bond motifs is 1. The van der Waals surface area contributed by atoms with Gasteiger partial charge in [0.25, 0.3) is 0 Å². The monoisotopic (exact) mass is 248 g/mol. The first-order chi connectivity index (χ1) is 8.43. The second-order valence-corrected chi connectivity index (χ2v) is 5.33. The van der Waals surface area contributed by atoms with Crippen LogP contribution in [0.2, 0.25) is 0 Å². The van der Waals surface area contributed by atoms with Gasteiger partial charge in [0.2, 0.25) is 0 Å². The Morgan fingerprint density at radius 1 is 1.47 bits per heavy atom. The first-order valence-electron chi connectivity index (χ1n) is 6.06. The maximum atomic E-state index is 4.31. The van der Waals surface area contributed by atoms with Crippen molar-refractivity contribution in [3.8, 4) is 0 Å². The molecule has 0 radical (unpaired) electrons. The number of thiophene rings is 1. The smallest absolute Gasteiger partial charge is 0.138 e. The van der Waals surface area contributed by atoms with E-state index in [2.05, 4.69) is 32.0 Å². The topological polar surface area (TPSA) is 49.8 Å². The zero-order chi connectivity index (χ0) is 11.5. The molecule has 0 aliphatic carbocycles. The van der Waals surface area contributed by atoms with Crippen LogP contribution < -0.4 is 10.6 Å². The zero-order valence-electron chi connectivity index (χ0n) is 9.65. The van der Waals surface area contributed by atoms with Crippen LogP contribution in [0.4, 0.5) is 5.82 Å². The second-order valence-electron chi connectivity index (χ2n) is 4.44. The largest absolute Gasteiger partial charge is 0.369 e. The summed E-state index contributed by atoms with van der Waals surface area (Å²) >= 11 is 1.66. The molecule has 0 spiro atoms. The fourth-order valence-corrected chi connectivity index (χ4v) is 3.02. The molecule has 2 aromatic rings. The van der Waals surface area contributed by atoms with Gasteiger partial charge in [-0.25, -0.2) is 9.97 Å². The first kappa shape index (κ1) is 10.9. The van der Waals surface area contributed by atoms with E-state index in [1.807, 2.05) is 0 Å². The average Bonchev–Trinajstić information content (AvgIpc) is 2.99. The van der Waals surface area contributed by atoms with E-state index in [4.69, 9.17) is 0 Å². The van der Waals surface area contributed by atoms with Crippen LogP contribution >= 0.6 is 11.3 Å². The molecule has 3 heterocycles. The molecule has 3 rings (SSSR count). The van der Waals surface area contributed by atoms with Crippen molar-refractivity contribution in [2.75, 3.05) is 25.0 Å². The van der Waals surface area contributed by atoms with E-state index >= 15 is 0 Å². The lowest BCUT2D eigenvalue weighted by Gasteiger charge is -2.10. The van der Waals surface area contributed by atoms with Crippen LogP contribution in [-0.2, 0) is 0 Å². The van der Waals surface area contributed by atoms with Crippen LogP contribution in [0.25, 0.3) is 10.2 Å². The summed E-state index contributed by atoms with van der Waals surface area (Å²) in [6.45, 7) is 3.33. The molecule has 1 unspecified atom stereocenters. The Labute approximate surface area is 104 Å². The van der Waals surface area contributed by atoms with Crippen molar-refractivity contribution >= 4 is 27.4 Å². The normalized spacial score (nSPS) is 19.9. The van der Waals surface area contributed by atoms with E-state index in [0.29, 0.717) is 0 Å². The molecule has 2 N–H and O–H groups in total. The fourth-order valence-electron chi connectivity index (χ4n) is 2.29. The molecular weight excluding hydrogens is 232 g/mol. The molecule has 0 saturated carbocycles. The Hall–Kier alpha value is -1.20. The molecular formula is C12H16N4S. The molecule has 1 atom stereocenters. The average molecular weight is 248 g/mol. The van der Waals surface area contributed by atoms with E-state index in [-0.39, 0.29) is 0 Å². The highest BCUT2D eigenvalue weighted by molar-refractivity contribution is 7.16. The first-order valence-corrected chi connectivity index (χ1v) is 6.94. The van der Waals surface area contributed by atoms with Crippen LogP contribution in [0, 0.1) is 5.92 Å². The van der Waals surface area contributed by atoms with Gasteiger partial charge in [0, 0.05) is 6.54 Å². The SMILES string of the molecule is c1nc(NCCC2CCNC2)c2ccsc2n1. The molecule has 4 nitrogen and oxygen atoms in total. The van der Waals surface area contributed by atoms with Crippen LogP contribution in [0.1, 0.15) is 12.8 Å². The molecule has 90 valence electrons. The lowest BCUT2D eigenvalue weighted by Crippen LogP contribution is -2.13. The molecule has 0 amide bonds. The van der Waals surface area contributed by atoms with Crippen molar-refractivity contribution in [1.82, 2.24) is 15.3 Å². The lowest BCUT2D eigenvalue weighted by atomic mass is 10.1. The van der Waals surface area contributed by atoms with Gasteiger partial charge in [-0.3, -0.25) is 0 Å². The van der Waals surface area contributed by atoms with Crippen molar-refractivity contribution in [3.05, 3.63) is 17.8 Å². The highest BCUT2D eigenvalue weighted by Gasteiger charge is 2.13. The molecule has 0 aromatic carbocycles. The van der Waals surface area contributed by atoms with E-state index < -0.39 is 0 Å². The van der Waals surface area contributed by atoms with Crippen molar-refractivity contribution in [2.24, 2.45) is 5.92 Å². The molecule has 2 aromatic heterocycles. The standard InChI is InChI=1S/C12H16N4S/c1-4-13-7-9(1)2-5-14-11-10-3-6-17-12(10)16-8-15-11/h3,6,8-9,13H,1-2,4-5,7H2,(H,14,15,16). The third-order valence-corrected chi connectivity index (χ3v) is 4.09. The quantitative estimate of drug-likeness (QED) is 0.870. The number of hydrogen-bond acceptors (Lipinski definition) is 5. The Morgan fingerprint density at radius 3 is 3.35 bits per heavy atom. The highest BCUT2D eigenvalue weighted by atomic mass is 32.1. The summed E-state index contributed by atoms with van der Waals surface area (Å²) < 4.78 is 0. The molecule has 1 fully saturated rings. The van der Waals surface area contributed by atoms with Crippen LogP contribution in [-0.4, -0.2) is 29.6 Å². The summed E-state index contributed by atoms with van der Waals surface area (Å²) in [5, 5.41) is 10.0. The fraction of sp³-hybridized carbons (Fsp3) is 0.500. The number of aromatic nitrogens is 2. The zero-order valence-corrected chi connectivity index (χ0v) is 10.5. The van der Waals surface area contributed by atoms with Gasteiger partial charge >= 0.3 is 0 Å². The minimum absolute atomic E-state index is 0.822. The maximum Gasteiger partial charge on any atom is 0.138 e. The molecule has 5 heteroatoms. The predicted molar refractivity (Wildman–Crippen MR) is 71.5 cm³/mol. The van der Waals surface area contributed by atoms with E-state index in [0.717, 1.165) is 28.5 Å². The summed E-state index contributed by atoms with van der Waals surface area (Å²) in [7, 11) is 0. The van der Waals surface area contributed by atoms with Crippen molar-refractivity contribution < 1.29 is 0 Å². The minimum atomic E-state index is 0.822. The van der Waals surface area contributed by atoms with E-state index in [1.165, 1.54) is 25.9 Å². The Morgan fingerprint density at radius 2 is 2.47 bits per heavy atom. The van der Waals surface area contributed by atoms with Crippen molar-refractivity contribution in [2.45, 2.75) is 12.8 Å². The summed E-state index contributed by atoms with van der Waals surface area (Å²) in [6, 6.07) is 2.08. The Bertz CT molecular complexity index is 490. The maximum absolute atomic E-state index is 4.31. The second kappa shape index (κ2) is 4.98. The Balaban J connectivity index is 1.62. The lowest BCUT2D eigenvalue weighted by molar-refractivity contribution is 0.549. The number of anilines is 1. The number of nitrogens with zero attached hydrogens (tertiary/aromatic N) is 2. The van der Waals surface area contributed by atoms with Crippen LogP contribution in [0.3, 0.4) is 0 Å². The van der Waals surface area contributed by atoms with Gasteiger partial charge < -0.3 is 10.6 Å². The molecule has 1 saturated heterocycles. The van der Waals surface area contributed by atoms with Crippen LogP contribution in [0.15, 0.2) is 17.8 Å². The van der Waals surface area contributed by atoms with Gasteiger partial charge in [0.1, 0.15) is 17.0 Å². The van der Waals surface area contributed by atoms with Gasteiger partial charge in [0.05, 0.1) is 5.39 Å². The Kier molecular flexibility index (Phi) is 3.20. The van der Waals surface area contributed by atoms with E-state index in [1.54, 1.807) is 17.7 Å². The number of rotatable bonds is 4. The molecule has 17 heavy (non-hydrogen) atoms. The third-order valence-electron chi connectivity index (χ3n) is 3.27. The van der Waals surface area contributed by atoms with Crippen molar-refractivity contribution in [3.63, 3.8) is 0 Å². The van der Waals surface area contributed by atoms with Gasteiger partial charge in [-0.2, -0.15) is 0 Å². The van der Waals surface area contributed by atoms with Crippen molar-refractivity contribution in [1.29, 1.82) is 0 Å². The van der Waals surface area contributed by atoms with Gasteiger partial charge in [-0.05, 0) is 43.3 Å². The summed E-state index contributed by atoms with van der Waals surface area (Å²) in [4.78, 5) is 9.62. The molecule has 1 aliphatic rings. The number of hydrogen-bond donors (Lipinski definition) is 2. The van der Waals surface area contributed by atoms with Gasteiger partial charge in [-0.15, -0.1) is 11.3 Å². The van der Waals surface area contributed by atoms with Gasteiger partial charge in [0.15, 0.2) is 0 Å². The summed E-state index contributed by atoms with van der Waals surface area (Å²) in [5.41, 5.74) is 0. The summed E-state index contributed by atoms with van der Waals surface area (Å²) in [5.74, 6) is 1.80. The third kappa shape index (κ3) is 2.40. The predicted octanol–water partition coefficient (Wildman–Crippen LogP) is 2.10. The number of nitrogens with one attached hydrogen (secondary N) is 2. The minimum Gasteiger partial charge on any atom is -0.369 e.